The molecule has 2 aliphatic rings. The van der Waals surface area contributed by atoms with Gasteiger partial charge in [-0.05, 0) is 25.2 Å². The summed E-state index contributed by atoms with van der Waals surface area (Å²) in [7, 11) is 0. The predicted octanol–water partition coefficient (Wildman–Crippen LogP) is 2.21. The summed E-state index contributed by atoms with van der Waals surface area (Å²) >= 11 is 0. The summed E-state index contributed by atoms with van der Waals surface area (Å²) in [6.07, 6.45) is -2.44. The number of alkyl halides is 3. The van der Waals surface area contributed by atoms with Crippen LogP contribution in [0.5, 0.6) is 0 Å². The molecule has 8 heteroatoms. The topological polar surface area (TPSA) is 66.5 Å². The van der Waals surface area contributed by atoms with E-state index in [2.05, 4.69) is 5.32 Å². The maximum absolute atomic E-state index is 12.3. The number of rotatable bonds is 4. The number of imide groups is 2. The predicted molar refractivity (Wildman–Crippen MR) is 66.0 cm³/mol. The van der Waals surface area contributed by atoms with Gasteiger partial charge in [0.1, 0.15) is 5.92 Å². The highest BCUT2D eigenvalue weighted by atomic mass is 19.4. The van der Waals surface area contributed by atoms with Crippen LogP contribution in [0.4, 0.5) is 18.0 Å². The fraction of sp³-hybridized carbons (Fsp3) is 0.769. The Morgan fingerprint density at radius 2 is 1.76 bits per heavy atom. The zero-order valence-corrected chi connectivity index (χ0v) is 11.4. The lowest BCUT2D eigenvalue weighted by Gasteiger charge is -2.32. The maximum Gasteiger partial charge on any atom is 0.389 e. The van der Waals surface area contributed by atoms with E-state index >= 15 is 0 Å². The van der Waals surface area contributed by atoms with Crippen LogP contribution in [0.1, 0.15) is 38.5 Å². The minimum absolute atomic E-state index is 0.115. The molecular weight excluding hydrogens is 289 g/mol. The molecular formula is C13H17F3N2O3. The van der Waals surface area contributed by atoms with Crippen LogP contribution in [0.25, 0.3) is 0 Å². The molecule has 1 atom stereocenters. The second-order valence-corrected chi connectivity index (χ2v) is 5.53. The second-order valence-electron chi connectivity index (χ2n) is 5.53. The number of hydrogen-bond acceptors (Lipinski definition) is 3. The van der Waals surface area contributed by atoms with Gasteiger partial charge in [-0.2, -0.15) is 13.2 Å². The molecule has 1 saturated heterocycles. The van der Waals surface area contributed by atoms with Gasteiger partial charge in [0.2, 0.25) is 11.8 Å². The lowest BCUT2D eigenvalue weighted by molar-refractivity contribution is -0.148. The highest BCUT2D eigenvalue weighted by molar-refractivity contribution is 6.16. The Bertz CT molecular complexity index is 444. The molecule has 0 radical (unpaired) electrons. The van der Waals surface area contributed by atoms with Gasteiger partial charge in [0.05, 0.1) is 0 Å². The monoisotopic (exact) mass is 306 g/mol. The van der Waals surface area contributed by atoms with Gasteiger partial charge in [-0.3, -0.25) is 19.8 Å². The van der Waals surface area contributed by atoms with Gasteiger partial charge in [-0.25, -0.2) is 4.79 Å². The summed E-state index contributed by atoms with van der Waals surface area (Å²) in [5.74, 6) is -2.33. The summed E-state index contributed by atoms with van der Waals surface area (Å²) < 4.78 is 36.4. The molecule has 2 fully saturated rings. The number of nitrogens with one attached hydrogen (secondary N) is 1. The van der Waals surface area contributed by atoms with Crippen molar-refractivity contribution < 1.29 is 27.6 Å². The van der Waals surface area contributed by atoms with Gasteiger partial charge < -0.3 is 0 Å². The van der Waals surface area contributed by atoms with Crippen LogP contribution in [-0.4, -0.2) is 35.5 Å². The lowest BCUT2D eigenvalue weighted by Crippen LogP contribution is -2.59. The molecule has 2 rings (SSSR count). The van der Waals surface area contributed by atoms with E-state index in [4.69, 9.17) is 0 Å². The van der Waals surface area contributed by atoms with E-state index < -0.39 is 36.4 Å². The summed E-state index contributed by atoms with van der Waals surface area (Å²) in [4.78, 5) is 36.4. The Labute approximate surface area is 119 Å². The van der Waals surface area contributed by atoms with Crippen molar-refractivity contribution in [3.8, 4) is 0 Å². The Balaban J connectivity index is 2.01. The van der Waals surface area contributed by atoms with E-state index in [0.717, 1.165) is 30.6 Å². The van der Waals surface area contributed by atoms with Crippen LogP contribution in [-0.2, 0) is 9.59 Å². The van der Waals surface area contributed by atoms with E-state index in [-0.39, 0.29) is 18.9 Å². The highest BCUT2D eigenvalue weighted by Crippen LogP contribution is 2.34. The van der Waals surface area contributed by atoms with Gasteiger partial charge in [-0.15, -0.1) is 0 Å². The third-order valence-electron chi connectivity index (χ3n) is 4.00. The zero-order chi connectivity index (χ0) is 15.6. The summed E-state index contributed by atoms with van der Waals surface area (Å²) in [5, 5.41) is 2.08. The van der Waals surface area contributed by atoms with Gasteiger partial charge in [-0.1, -0.05) is 12.8 Å². The van der Waals surface area contributed by atoms with Crippen molar-refractivity contribution in [3.05, 3.63) is 0 Å². The Hall–Kier alpha value is -1.60. The average molecular weight is 306 g/mol. The quantitative estimate of drug-likeness (QED) is 0.810. The van der Waals surface area contributed by atoms with Crippen LogP contribution in [0, 0.1) is 11.8 Å². The molecule has 1 saturated carbocycles. The maximum atomic E-state index is 12.3. The number of urea groups is 1. The molecule has 1 aliphatic heterocycles. The SMILES string of the molecule is O=C1NC(=O)N(CCCC(F)(F)F)C(=O)C1C1CCCC1. The van der Waals surface area contributed by atoms with Gasteiger partial charge >= 0.3 is 12.2 Å². The first-order valence-corrected chi connectivity index (χ1v) is 7.02. The van der Waals surface area contributed by atoms with Crippen molar-refractivity contribution in [1.29, 1.82) is 0 Å². The number of carbonyl (C=O) groups is 3. The zero-order valence-electron chi connectivity index (χ0n) is 11.4. The Morgan fingerprint density at radius 3 is 2.33 bits per heavy atom. The van der Waals surface area contributed by atoms with Gasteiger partial charge in [0, 0.05) is 13.0 Å². The molecule has 1 N–H and O–H groups in total. The fourth-order valence-corrected chi connectivity index (χ4v) is 2.99. The molecule has 1 heterocycles. The van der Waals surface area contributed by atoms with Gasteiger partial charge in [0.25, 0.3) is 0 Å². The molecule has 1 aliphatic carbocycles. The van der Waals surface area contributed by atoms with Crippen molar-refractivity contribution in [1.82, 2.24) is 10.2 Å². The number of halogens is 3. The second kappa shape index (κ2) is 6.03. The molecule has 21 heavy (non-hydrogen) atoms. The largest absolute Gasteiger partial charge is 0.389 e. The Morgan fingerprint density at radius 1 is 1.14 bits per heavy atom. The van der Waals surface area contributed by atoms with E-state index in [9.17, 15) is 27.6 Å². The van der Waals surface area contributed by atoms with Crippen LogP contribution in [0.3, 0.4) is 0 Å². The molecule has 118 valence electrons. The van der Waals surface area contributed by atoms with Crippen LogP contribution in [0.2, 0.25) is 0 Å². The molecule has 0 aromatic carbocycles. The first-order chi connectivity index (χ1) is 9.79. The number of nitrogens with zero attached hydrogens (tertiary/aromatic N) is 1. The number of amides is 4. The minimum Gasteiger partial charge on any atom is -0.277 e. The molecule has 0 aromatic heterocycles. The lowest BCUT2D eigenvalue weighted by atomic mass is 9.87. The Kier molecular flexibility index (Phi) is 4.53. The summed E-state index contributed by atoms with van der Waals surface area (Å²) in [5.41, 5.74) is 0. The molecule has 5 nitrogen and oxygen atoms in total. The van der Waals surface area contributed by atoms with Crippen molar-refractivity contribution >= 4 is 17.8 Å². The highest BCUT2D eigenvalue weighted by Gasteiger charge is 2.45. The average Bonchev–Trinajstić information content (AvgIpc) is 2.85. The standard InChI is InChI=1S/C13H17F3N2O3/c14-13(15,16)6-3-7-18-11(20)9(8-4-1-2-5-8)10(19)17-12(18)21/h8-9H,1-7H2,(H,17,19,21). The van der Waals surface area contributed by atoms with Crippen molar-refractivity contribution in [3.63, 3.8) is 0 Å². The van der Waals surface area contributed by atoms with E-state index in [0.29, 0.717) is 0 Å². The molecule has 0 bridgehead atoms. The number of hydrogen-bond donors (Lipinski definition) is 1. The van der Waals surface area contributed by atoms with E-state index in [1.807, 2.05) is 0 Å². The molecule has 1 unspecified atom stereocenters. The molecule has 0 aromatic rings. The smallest absolute Gasteiger partial charge is 0.277 e. The van der Waals surface area contributed by atoms with Crippen molar-refractivity contribution in [2.45, 2.75) is 44.7 Å². The third-order valence-corrected chi connectivity index (χ3v) is 4.00. The summed E-state index contributed by atoms with van der Waals surface area (Å²) in [6.45, 7) is -0.319. The van der Waals surface area contributed by atoms with Crippen LogP contribution in [0.15, 0.2) is 0 Å². The van der Waals surface area contributed by atoms with Crippen molar-refractivity contribution in [2.75, 3.05) is 6.54 Å². The number of barbiturate groups is 1. The first kappa shape index (κ1) is 15.8. The normalized spacial score (nSPS) is 24.6. The third kappa shape index (κ3) is 3.74. The van der Waals surface area contributed by atoms with Crippen LogP contribution >= 0.6 is 0 Å². The van der Waals surface area contributed by atoms with Crippen LogP contribution < -0.4 is 5.32 Å². The van der Waals surface area contributed by atoms with E-state index in [1.54, 1.807) is 0 Å². The number of carbonyl (C=O) groups excluding carboxylic acids is 3. The van der Waals surface area contributed by atoms with E-state index in [1.165, 1.54) is 0 Å². The van der Waals surface area contributed by atoms with Gasteiger partial charge in [0.15, 0.2) is 0 Å². The first-order valence-electron chi connectivity index (χ1n) is 7.02. The molecule has 0 spiro atoms. The minimum atomic E-state index is -4.32. The van der Waals surface area contributed by atoms with Crippen molar-refractivity contribution in [2.24, 2.45) is 11.8 Å². The fourth-order valence-electron chi connectivity index (χ4n) is 2.99. The summed E-state index contributed by atoms with van der Waals surface area (Å²) in [6, 6.07) is -0.915. The molecule has 4 amide bonds.